The lowest BCUT2D eigenvalue weighted by Gasteiger charge is -2.14. The topological polar surface area (TPSA) is 68.0 Å². The number of aromatic nitrogens is 1. The first kappa shape index (κ1) is 13.1. The summed E-state index contributed by atoms with van der Waals surface area (Å²) in [5.41, 5.74) is 7.69. The van der Waals surface area contributed by atoms with E-state index in [9.17, 15) is 4.79 Å². The maximum Gasteiger partial charge on any atom is 0.224 e. The maximum atomic E-state index is 12.1. The Bertz CT molecular complexity index is 626. The SMILES string of the molecule is N[C@@H]1CCC[C@H]1CC(=O)Nc1cnc2ccccc2c1. The predicted octanol–water partition coefficient (Wildman–Crippen LogP) is 2.69. The molecule has 0 aliphatic heterocycles. The normalized spacial score (nSPS) is 22.1. The van der Waals surface area contributed by atoms with Crippen LogP contribution in [0.1, 0.15) is 25.7 Å². The molecule has 1 fully saturated rings. The molecular formula is C16H19N3O. The molecule has 4 nitrogen and oxygen atoms in total. The van der Waals surface area contributed by atoms with Crippen LogP contribution in [0.2, 0.25) is 0 Å². The van der Waals surface area contributed by atoms with Crippen LogP contribution in [0, 0.1) is 5.92 Å². The third-order valence-corrected chi connectivity index (χ3v) is 4.04. The maximum absolute atomic E-state index is 12.1. The van der Waals surface area contributed by atoms with Crippen molar-refractivity contribution in [2.45, 2.75) is 31.7 Å². The van der Waals surface area contributed by atoms with Crippen molar-refractivity contribution in [1.29, 1.82) is 0 Å². The number of nitrogens with zero attached hydrogens (tertiary/aromatic N) is 1. The van der Waals surface area contributed by atoms with Gasteiger partial charge in [-0.15, -0.1) is 0 Å². The molecule has 4 heteroatoms. The van der Waals surface area contributed by atoms with Gasteiger partial charge < -0.3 is 11.1 Å². The first-order chi connectivity index (χ1) is 9.72. The molecule has 104 valence electrons. The number of nitrogens with one attached hydrogen (secondary N) is 1. The monoisotopic (exact) mass is 269 g/mol. The lowest BCUT2D eigenvalue weighted by molar-refractivity contribution is -0.117. The third kappa shape index (κ3) is 2.80. The first-order valence-electron chi connectivity index (χ1n) is 7.12. The van der Waals surface area contributed by atoms with Gasteiger partial charge >= 0.3 is 0 Å². The average Bonchev–Trinajstić information content (AvgIpc) is 2.84. The van der Waals surface area contributed by atoms with Crippen LogP contribution in [0.5, 0.6) is 0 Å². The molecule has 0 saturated heterocycles. The van der Waals surface area contributed by atoms with Gasteiger partial charge in [-0.2, -0.15) is 0 Å². The van der Waals surface area contributed by atoms with Crippen molar-refractivity contribution < 1.29 is 4.79 Å². The summed E-state index contributed by atoms with van der Waals surface area (Å²) in [4.78, 5) is 16.4. The molecule has 0 spiro atoms. The molecule has 0 unspecified atom stereocenters. The Morgan fingerprint density at radius 3 is 3.00 bits per heavy atom. The van der Waals surface area contributed by atoms with Gasteiger partial charge in [0, 0.05) is 17.8 Å². The molecule has 1 aromatic carbocycles. The summed E-state index contributed by atoms with van der Waals surface area (Å²) in [6, 6.07) is 10.00. The lowest BCUT2D eigenvalue weighted by atomic mass is 10.00. The van der Waals surface area contributed by atoms with Gasteiger partial charge in [0.15, 0.2) is 0 Å². The number of nitrogens with two attached hydrogens (primary N) is 1. The van der Waals surface area contributed by atoms with Crippen molar-refractivity contribution in [2.75, 3.05) is 5.32 Å². The Balaban J connectivity index is 1.67. The van der Waals surface area contributed by atoms with Crippen molar-refractivity contribution in [3.8, 4) is 0 Å². The number of hydrogen-bond acceptors (Lipinski definition) is 3. The van der Waals surface area contributed by atoms with Crippen LogP contribution >= 0.6 is 0 Å². The Morgan fingerprint density at radius 2 is 2.20 bits per heavy atom. The second kappa shape index (κ2) is 5.59. The molecule has 0 radical (unpaired) electrons. The van der Waals surface area contributed by atoms with Gasteiger partial charge in [-0.3, -0.25) is 9.78 Å². The summed E-state index contributed by atoms with van der Waals surface area (Å²) in [5, 5.41) is 3.95. The Kier molecular flexibility index (Phi) is 3.65. The van der Waals surface area contributed by atoms with Crippen molar-refractivity contribution in [3.63, 3.8) is 0 Å². The van der Waals surface area contributed by atoms with E-state index in [1.807, 2.05) is 30.3 Å². The fourth-order valence-electron chi connectivity index (χ4n) is 2.91. The molecule has 3 rings (SSSR count). The smallest absolute Gasteiger partial charge is 0.224 e. The molecular weight excluding hydrogens is 250 g/mol. The van der Waals surface area contributed by atoms with E-state index in [-0.39, 0.29) is 11.9 Å². The van der Waals surface area contributed by atoms with E-state index in [1.165, 1.54) is 0 Å². The number of anilines is 1. The number of amides is 1. The van der Waals surface area contributed by atoms with Gasteiger partial charge in [0.2, 0.25) is 5.91 Å². The molecule has 2 atom stereocenters. The summed E-state index contributed by atoms with van der Waals surface area (Å²) in [5.74, 6) is 0.354. The number of benzene rings is 1. The largest absolute Gasteiger partial charge is 0.327 e. The minimum Gasteiger partial charge on any atom is -0.327 e. The zero-order valence-corrected chi connectivity index (χ0v) is 11.4. The molecule has 1 saturated carbocycles. The highest BCUT2D eigenvalue weighted by Crippen LogP contribution is 2.27. The van der Waals surface area contributed by atoms with E-state index in [4.69, 9.17) is 5.73 Å². The Morgan fingerprint density at radius 1 is 1.35 bits per heavy atom. The van der Waals surface area contributed by atoms with E-state index in [1.54, 1.807) is 6.20 Å². The van der Waals surface area contributed by atoms with Gasteiger partial charge in [-0.05, 0) is 30.9 Å². The van der Waals surface area contributed by atoms with Crippen molar-refractivity contribution >= 4 is 22.5 Å². The van der Waals surface area contributed by atoms with Crippen LogP contribution in [0.4, 0.5) is 5.69 Å². The summed E-state index contributed by atoms with van der Waals surface area (Å²) in [7, 11) is 0. The number of para-hydroxylation sites is 1. The number of rotatable bonds is 3. The van der Waals surface area contributed by atoms with E-state index in [2.05, 4.69) is 10.3 Å². The van der Waals surface area contributed by atoms with Crippen LogP contribution in [-0.2, 0) is 4.79 Å². The number of fused-ring (bicyclic) bond motifs is 1. The first-order valence-corrected chi connectivity index (χ1v) is 7.12. The molecule has 1 aromatic heterocycles. The second-order valence-electron chi connectivity index (χ2n) is 5.52. The molecule has 1 heterocycles. The summed E-state index contributed by atoms with van der Waals surface area (Å²) >= 11 is 0. The molecule has 1 amide bonds. The van der Waals surface area contributed by atoms with Crippen molar-refractivity contribution in [3.05, 3.63) is 36.5 Å². The van der Waals surface area contributed by atoms with Crippen LogP contribution in [-0.4, -0.2) is 16.9 Å². The van der Waals surface area contributed by atoms with Gasteiger partial charge in [-0.1, -0.05) is 24.6 Å². The molecule has 20 heavy (non-hydrogen) atoms. The average molecular weight is 269 g/mol. The Labute approximate surface area is 118 Å². The zero-order valence-electron chi connectivity index (χ0n) is 11.4. The van der Waals surface area contributed by atoms with E-state index >= 15 is 0 Å². The lowest BCUT2D eigenvalue weighted by Crippen LogP contribution is -2.28. The Hall–Kier alpha value is -1.94. The van der Waals surface area contributed by atoms with E-state index < -0.39 is 0 Å². The van der Waals surface area contributed by atoms with Gasteiger partial charge in [0.1, 0.15) is 0 Å². The fourth-order valence-corrected chi connectivity index (χ4v) is 2.91. The van der Waals surface area contributed by atoms with Crippen molar-refractivity contribution in [2.24, 2.45) is 11.7 Å². The summed E-state index contributed by atoms with van der Waals surface area (Å²) in [6.07, 6.45) is 5.44. The summed E-state index contributed by atoms with van der Waals surface area (Å²) < 4.78 is 0. The number of hydrogen-bond donors (Lipinski definition) is 2. The zero-order chi connectivity index (χ0) is 13.9. The molecule has 1 aliphatic carbocycles. The molecule has 2 aromatic rings. The number of pyridine rings is 1. The highest BCUT2D eigenvalue weighted by atomic mass is 16.1. The summed E-state index contributed by atoms with van der Waals surface area (Å²) in [6.45, 7) is 0. The molecule has 0 bridgehead atoms. The quantitative estimate of drug-likeness (QED) is 0.900. The van der Waals surface area contributed by atoms with Crippen LogP contribution in [0.3, 0.4) is 0 Å². The predicted molar refractivity (Wildman–Crippen MR) is 80.3 cm³/mol. The molecule has 3 N–H and O–H groups in total. The second-order valence-corrected chi connectivity index (χ2v) is 5.52. The van der Waals surface area contributed by atoms with Gasteiger partial charge in [-0.25, -0.2) is 0 Å². The van der Waals surface area contributed by atoms with E-state index in [0.29, 0.717) is 12.3 Å². The number of carbonyl (C=O) groups is 1. The van der Waals surface area contributed by atoms with Gasteiger partial charge in [0.25, 0.3) is 0 Å². The van der Waals surface area contributed by atoms with Crippen LogP contribution < -0.4 is 11.1 Å². The van der Waals surface area contributed by atoms with E-state index in [0.717, 1.165) is 35.9 Å². The number of carbonyl (C=O) groups excluding carboxylic acids is 1. The van der Waals surface area contributed by atoms with Crippen LogP contribution in [0.15, 0.2) is 36.5 Å². The minimum atomic E-state index is 0.0319. The van der Waals surface area contributed by atoms with Gasteiger partial charge in [0.05, 0.1) is 17.4 Å². The highest BCUT2D eigenvalue weighted by molar-refractivity contribution is 5.93. The highest BCUT2D eigenvalue weighted by Gasteiger charge is 2.25. The fraction of sp³-hybridized carbons (Fsp3) is 0.375. The minimum absolute atomic E-state index is 0.0319. The van der Waals surface area contributed by atoms with Crippen molar-refractivity contribution in [1.82, 2.24) is 4.98 Å². The van der Waals surface area contributed by atoms with Crippen LogP contribution in [0.25, 0.3) is 10.9 Å². The standard InChI is InChI=1S/C16H19N3O/c17-14-6-3-5-11(14)9-16(20)19-13-8-12-4-1-2-7-15(12)18-10-13/h1-2,4,7-8,10-11,14H,3,5-6,9,17H2,(H,19,20)/t11-,14+/m0/s1. The molecule has 1 aliphatic rings. The third-order valence-electron chi connectivity index (χ3n) is 4.04.